The number of carbonyl (C=O) groups excluding carboxylic acids is 2. The molecule has 0 aliphatic rings. The van der Waals surface area contributed by atoms with Gasteiger partial charge in [0, 0.05) is 16.8 Å². The minimum atomic E-state index is -0.437. The van der Waals surface area contributed by atoms with E-state index >= 15 is 0 Å². The molecule has 0 aliphatic carbocycles. The highest BCUT2D eigenvalue weighted by molar-refractivity contribution is 7.10. The van der Waals surface area contributed by atoms with Crippen LogP contribution < -0.4 is 11.1 Å². The van der Waals surface area contributed by atoms with E-state index in [9.17, 15) is 9.59 Å². The Bertz CT molecular complexity index is 376. The van der Waals surface area contributed by atoms with Crippen molar-refractivity contribution in [3.63, 3.8) is 0 Å². The molecule has 0 spiro atoms. The van der Waals surface area contributed by atoms with E-state index in [4.69, 9.17) is 10.5 Å². The van der Waals surface area contributed by atoms with Crippen molar-refractivity contribution in [2.45, 2.75) is 13.5 Å². The van der Waals surface area contributed by atoms with Crippen molar-refractivity contribution in [3.8, 4) is 0 Å². The molecule has 16 heavy (non-hydrogen) atoms. The van der Waals surface area contributed by atoms with Gasteiger partial charge in [0.05, 0.1) is 18.7 Å². The van der Waals surface area contributed by atoms with Crippen LogP contribution in [0.3, 0.4) is 0 Å². The summed E-state index contributed by atoms with van der Waals surface area (Å²) in [4.78, 5) is 22.8. The van der Waals surface area contributed by atoms with E-state index in [1.54, 1.807) is 18.4 Å². The van der Waals surface area contributed by atoms with E-state index in [-0.39, 0.29) is 12.5 Å². The maximum Gasteiger partial charge on any atom is 0.319 e. The quantitative estimate of drug-likeness (QED) is 0.712. The van der Waals surface area contributed by atoms with Gasteiger partial charge in [-0.15, -0.1) is 11.3 Å². The number of amides is 1. The van der Waals surface area contributed by atoms with Crippen molar-refractivity contribution >= 4 is 23.2 Å². The molecule has 1 aromatic heterocycles. The highest BCUT2D eigenvalue weighted by Gasteiger charge is 2.05. The van der Waals surface area contributed by atoms with Crippen molar-refractivity contribution < 1.29 is 14.3 Å². The largest absolute Gasteiger partial charge is 0.465 e. The summed E-state index contributed by atoms with van der Waals surface area (Å²) in [6, 6.07) is 1.71. The molecule has 5 nitrogen and oxygen atoms in total. The average molecular weight is 242 g/mol. The third kappa shape index (κ3) is 4.00. The van der Waals surface area contributed by atoms with Crippen LogP contribution in [0.1, 0.15) is 22.2 Å². The van der Waals surface area contributed by atoms with E-state index in [1.165, 1.54) is 11.3 Å². The van der Waals surface area contributed by atoms with Crippen LogP contribution in [0.15, 0.2) is 11.4 Å². The minimum Gasteiger partial charge on any atom is -0.465 e. The molecule has 0 unspecified atom stereocenters. The van der Waals surface area contributed by atoms with E-state index in [1.807, 2.05) is 0 Å². The molecule has 0 atom stereocenters. The SMILES string of the molecule is CCOC(=O)CNCc1cc(C(N)=O)cs1. The maximum atomic E-state index is 11.0. The third-order valence-electron chi connectivity index (χ3n) is 1.81. The van der Waals surface area contributed by atoms with Gasteiger partial charge in [-0.25, -0.2) is 0 Å². The second-order valence-electron chi connectivity index (χ2n) is 3.07. The van der Waals surface area contributed by atoms with E-state index < -0.39 is 5.91 Å². The lowest BCUT2D eigenvalue weighted by Crippen LogP contribution is -2.23. The van der Waals surface area contributed by atoms with E-state index in [2.05, 4.69) is 5.32 Å². The monoisotopic (exact) mass is 242 g/mol. The molecule has 1 aromatic rings. The molecule has 1 heterocycles. The van der Waals surface area contributed by atoms with Gasteiger partial charge in [-0.2, -0.15) is 0 Å². The predicted molar refractivity (Wildman–Crippen MR) is 61.2 cm³/mol. The Hall–Kier alpha value is -1.40. The predicted octanol–water partition coefficient (Wildman–Crippen LogP) is 0.500. The standard InChI is InChI=1S/C10H14N2O3S/c1-2-15-9(13)5-12-4-8-3-7(6-16-8)10(11)14/h3,6,12H,2,4-5H2,1H3,(H2,11,14). The average Bonchev–Trinajstić information content (AvgIpc) is 2.67. The Labute approximate surface area is 97.6 Å². The molecule has 0 radical (unpaired) electrons. The van der Waals surface area contributed by atoms with Gasteiger partial charge in [0.25, 0.3) is 0 Å². The summed E-state index contributed by atoms with van der Waals surface area (Å²) in [6.07, 6.45) is 0. The first-order valence-electron chi connectivity index (χ1n) is 4.87. The number of primary amides is 1. The normalized spacial score (nSPS) is 10.1. The first-order chi connectivity index (χ1) is 7.63. The Morgan fingerprint density at radius 3 is 2.88 bits per heavy atom. The summed E-state index contributed by atoms with van der Waals surface area (Å²) in [7, 11) is 0. The number of ether oxygens (including phenoxy) is 1. The fraction of sp³-hybridized carbons (Fsp3) is 0.400. The number of carbonyl (C=O) groups is 2. The van der Waals surface area contributed by atoms with Crippen molar-refractivity contribution in [3.05, 3.63) is 21.9 Å². The van der Waals surface area contributed by atoms with Gasteiger partial charge in [0.2, 0.25) is 5.91 Å². The number of rotatable bonds is 6. The zero-order valence-electron chi connectivity index (χ0n) is 8.99. The van der Waals surface area contributed by atoms with Gasteiger partial charge in [-0.3, -0.25) is 9.59 Å². The molecule has 0 fully saturated rings. The Kier molecular flexibility index (Phi) is 4.94. The summed E-state index contributed by atoms with van der Waals surface area (Å²) < 4.78 is 4.75. The molecular formula is C10H14N2O3S. The first kappa shape index (κ1) is 12.7. The third-order valence-corrected chi connectivity index (χ3v) is 2.75. The molecule has 0 bridgehead atoms. The fourth-order valence-electron chi connectivity index (χ4n) is 1.10. The Balaban J connectivity index is 2.32. The van der Waals surface area contributed by atoms with Crippen molar-refractivity contribution in [2.24, 2.45) is 5.73 Å². The lowest BCUT2D eigenvalue weighted by atomic mass is 10.3. The van der Waals surface area contributed by atoms with Crippen molar-refractivity contribution in [1.29, 1.82) is 0 Å². The van der Waals surface area contributed by atoms with Gasteiger partial charge in [0.1, 0.15) is 0 Å². The maximum absolute atomic E-state index is 11.0. The molecule has 0 saturated carbocycles. The summed E-state index contributed by atoms with van der Waals surface area (Å²) >= 11 is 1.43. The van der Waals surface area contributed by atoms with E-state index in [0.717, 1.165) is 4.88 Å². The second kappa shape index (κ2) is 6.24. The molecule has 0 saturated heterocycles. The van der Waals surface area contributed by atoms with Crippen LogP contribution in [0.4, 0.5) is 0 Å². The molecular weight excluding hydrogens is 228 g/mol. The molecule has 88 valence electrons. The van der Waals surface area contributed by atoms with Crippen LogP contribution in [0, 0.1) is 0 Å². The van der Waals surface area contributed by atoms with Crippen LogP contribution in [0.2, 0.25) is 0 Å². The molecule has 1 rings (SSSR count). The second-order valence-corrected chi connectivity index (χ2v) is 4.07. The fourth-order valence-corrected chi connectivity index (χ4v) is 1.95. The van der Waals surface area contributed by atoms with Crippen LogP contribution in [0.5, 0.6) is 0 Å². The smallest absolute Gasteiger partial charge is 0.319 e. The topological polar surface area (TPSA) is 81.4 Å². The van der Waals surface area contributed by atoms with Gasteiger partial charge in [-0.05, 0) is 13.0 Å². The van der Waals surface area contributed by atoms with Crippen molar-refractivity contribution in [1.82, 2.24) is 5.32 Å². The van der Waals surface area contributed by atoms with E-state index in [0.29, 0.717) is 18.7 Å². The van der Waals surface area contributed by atoms with Gasteiger partial charge in [-0.1, -0.05) is 0 Å². The summed E-state index contributed by atoms with van der Waals surface area (Å²) in [5, 5.41) is 4.62. The lowest BCUT2D eigenvalue weighted by molar-refractivity contribution is -0.142. The number of thiophene rings is 1. The highest BCUT2D eigenvalue weighted by Crippen LogP contribution is 2.13. The van der Waals surface area contributed by atoms with Crippen LogP contribution in [-0.4, -0.2) is 25.0 Å². The van der Waals surface area contributed by atoms with Gasteiger partial charge < -0.3 is 15.8 Å². The number of nitrogens with one attached hydrogen (secondary N) is 1. The zero-order valence-corrected chi connectivity index (χ0v) is 9.80. The number of hydrogen-bond donors (Lipinski definition) is 2. The summed E-state index contributed by atoms with van der Waals surface area (Å²) in [5.41, 5.74) is 5.61. The lowest BCUT2D eigenvalue weighted by Gasteiger charge is -2.02. The van der Waals surface area contributed by atoms with Crippen LogP contribution in [-0.2, 0) is 16.1 Å². The van der Waals surface area contributed by atoms with Crippen LogP contribution >= 0.6 is 11.3 Å². The van der Waals surface area contributed by atoms with Gasteiger partial charge in [0.15, 0.2) is 0 Å². The minimum absolute atomic E-state index is 0.164. The zero-order chi connectivity index (χ0) is 12.0. The summed E-state index contributed by atoms with van der Waals surface area (Å²) in [5.74, 6) is -0.720. The Morgan fingerprint density at radius 1 is 1.56 bits per heavy atom. The molecule has 0 aromatic carbocycles. The number of nitrogens with two attached hydrogens (primary N) is 1. The Morgan fingerprint density at radius 2 is 2.31 bits per heavy atom. The first-order valence-corrected chi connectivity index (χ1v) is 5.75. The molecule has 0 aliphatic heterocycles. The molecule has 6 heteroatoms. The number of esters is 1. The van der Waals surface area contributed by atoms with Crippen molar-refractivity contribution in [2.75, 3.05) is 13.2 Å². The van der Waals surface area contributed by atoms with Crippen LogP contribution in [0.25, 0.3) is 0 Å². The highest BCUT2D eigenvalue weighted by atomic mass is 32.1. The molecule has 1 amide bonds. The summed E-state index contributed by atoms with van der Waals surface area (Å²) in [6.45, 7) is 2.83. The van der Waals surface area contributed by atoms with Gasteiger partial charge >= 0.3 is 5.97 Å². The number of hydrogen-bond acceptors (Lipinski definition) is 5. The molecule has 3 N–H and O–H groups in total.